The Balaban J connectivity index is 1.81. The van der Waals surface area contributed by atoms with Crippen LogP contribution < -0.4 is 0 Å². The molecule has 2 heterocycles. The Bertz CT molecular complexity index is 937. The molecule has 0 radical (unpaired) electrons. The zero-order valence-electron chi connectivity index (χ0n) is 13.4. The highest BCUT2D eigenvalue weighted by atomic mass is 35.5. The van der Waals surface area contributed by atoms with Crippen molar-refractivity contribution >= 4 is 17.5 Å². The van der Waals surface area contributed by atoms with Crippen LogP contribution in [-0.2, 0) is 6.54 Å². The van der Waals surface area contributed by atoms with Crippen molar-refractivity contribution in [3.63, 3.8) is 0 Å². The molecule has 0 aliphatic carbocycles. The molecule has 3 nitrogen and oxygen atoms in total. The predicted octanol–water partition coefficient (Wildman–Crippen LogP) is 4.53. The van der Waals surface area contributed by atoms with Crippen LogP contribution in [0.15, 0.2) is 66.9 Å². The molecule has 4 rings (SSSR count). The number of halogens is 2. The number of aromatic nitrogens is 1. The third-order valence-corrected chi connectivity index (χ3v) is 4.80. The van der Waals surface area contributed by atoms with Crippen LogP contribution in [-0.4, -0.2) is 21.9 Å². The van der Waals surface area contributed by atoms with E-state index in [0.29, 0.717) is 18.1 Å². The van der Waals surface area contributed by atoms with Gasteiger partial charge in [0.15, 0.2) is 0 Å². The lowest BCUT2D eigenvalue weighted by Gasteiger charge is -2.37. The van der Waals surface area contributed by atoms with E-state index in [9.17, 15) is 9.18 Å². The second kappa shape index (κ2) is 6.37. The van der Waals surface area contributed by atoms with E-state index >= 15 is 0 Å². The van der Waals surface area contributed by atoms with Crippen molar-refractivity contribution in [2.24, 2.45) is 0 Å². The fourth-order valence-electron chi connectivity index (χ4n) is 3.42. The number of fused-ring (bicyclic) bond motifs is 1. The first-order valence-corrected chi connectivity index (χ1v) is 8.49. The van der Waals surface area contributed by atoms with Gasteiger partial charge < -0.3 is 9.47 Å². The molecule has 5 heteroatoms. The van der Waals surface area contributed by atoms with Crippen LogP contribution in [0, 0.1) is 5.82 Å². The summed E-state index contributed by atoms with van der Waals surface area (Å²) in [7, 11) is 0. The van der Waals surface area contributed by atoms with Gasteiger partial charge in [0.1, 0.15) is 5.82 Å². The van der Waals surface area contributed by atoms with Crippen molar-refractivity contribution in [3.05, 3.63) is 94.5 Å². The van der Waals surface area contributed by atoms with Gasteiger partial charge in [-0.25, -0.2) is 4.39 Å². The van der Waals surface area contributed by atoms with Crippen LogP contribution in [0.2, 0.25) is 5.02 Å². The Morgan fingerprint density at radius 3 is 2.68 bits per heavy atom. The second-order valence-electron chi connectivity index (χ2n) is 6.06. The van der Waals surface area contributed by atoms with Gasteiger partial charge in [-0.3, -0.25) is 4.79 Å². The van der Waals surface area contributed by atoms with E-state index in [1.54, 1.807) is 23.1 Å². The molecular formula is C20H16ClFN2O. The molecule has 0 saturated heterocycles. The highest BCUT2D eigenvalue weighted by molar-refractivity contribution is 6.30. The first-order valence-electron chi connectivity index (χ1n) is 8.11. The number of carbonyl (C=O) groups is 1. The lowest BCUT2D eigenvalue weighted by atomic mass is 9.99. The van der Waals surface area contributed by atoms with E-state index in [4.69, 9.17) is 11.6 Å². The number of hydrogen-bond donors (Lipinski definition) is 0. The summed E-state index contributed by atoms with van der Waals surface area (Å²) in [6, 6.07) is 17.2. The average Bonchev–Trinajstić information content (AvgIpc) is 3.09. The number of nitrogens with zero attached hydrogens (tertiary/aromatic N) is 2. The van der Waals surface area contributed by atoms with E-state index in [0.717, 1.165) is 11.3 Å². The Hall–Kier alpha value is -2.59. The van der Waals surface area contributed by atoms with Crippen LogP contribution in [0.1, 0.15) is 27.7 Å². The van der Waals surface area contributed by atoms with Crippen LogP contribution in [0.4, 0.5) is 4.39 Å². The van der Waals surface area contributed by atoms with Crippen molar-refractivity contribution in [2.45, 2.75) is 12.6 Å². The third-order valence-electron chi connectivity index (χ3n) is 4.57. The minimum Gasteiger partial charge on any atom is -0.348 e. The number of benzene rings is 2. The van der Waals surface area contributed by atoms with E-state index in [1.807, 2.05) is 36.5 Å². The average molecular weight is 355 g/mol. The maximum absolute atomic E-state index is 14.2. The zero-order valence-corrected chi connectivity index (χ0v) is 14.2. The van der Waals surface area contributed by atoms with Crippen molar-refractivity contribution in [1.82, 2.24) is 9.47 Å². The molecule has 0 fully saturated rings. The molecule has 2 aromatic carbocycles. The summed E-state index contributed by atoms with van der Waals surface area (Å²) in [6.07, 6.45) is 2.00. The summed E-state index contributed by atoms with van der Waals surface area (Å²) in [4.78, 5) is 14.8. The lowest BCUT2D eigenvalue weighted by molar-refractivity contribution is 0.0659. The quantitative estimate of drug-likeness (QED) is 0.664. The van der Waals surface area contributed by atoms with Gasteiger partial charge in [0, 0.05) is 30.0 Å². The fourth-order valence-corrected chi connectivity index (χ4v) is 3.62. The molecule has 0 saturated carbocycles. The molecule has 126 valence electrons. The lowest BCUT2D eigenvalue weighted by Crippen LogP contribution is -2.42. The summed E-state index contributed by atoms with van der Waals surface area (Å²) in [6.45, 7) is 1.19. The standard InChI is InChI=1S/C20H16ClFN2O/c21-15-6-3-5-14(13-15)19-18-9-4-10-23(18)11-12-24(19)20(25)16-7-1-2-8-17(16)22/h1-10,13,19H,11-12H2. The molecule has 1 amide bonds. The van der Waals surface area contributed by atoms with Gasteiger partial charge in [0.2, 0.25) is 0 Å². The number of amides is 1. The summed E-state index contributed by atoms with van der Waals surface area (Å²) in [5, 5.41) is 0.611. The van der Waals surface area contributed by atoms with E-state index in [1.165, 1.54) is 12.1 Å². The molecule has 25 heavy (non-hydrogen) atoms. The highest BCUT2D eigenvalue weighted by Crippen LogP contribution is 2.34. The topological polar surface area (TPSA) is 25.2 Å². The van der Waals surface area contributed by atoms with Crippen molar-refractivity contribution in [3.8, 4) is 0 Å². The van der Waals surface area contributed by atoms with E-state index < -0.39 is 5.82 Å². The maximum atomic E-state index is 14.2. The monoisotopic (exact) mass is 354 g/mol. The van der Waals surface area contributed by atoms with Crippen LogP contribution in [0.25, 0.3) is 0 Å². The van der Waals surface area contributed by atoms with Crippen molar-refractivity contribution in [2.75, 3.05) is 6.54 Å². The fraction of sp³-hybridized carbons (Fsp3) is 0.150. The summed E-state index contributed by atoms with van der Waals surface area (Å²) in [5.41, 5.74) is 2.00. The van der Waals surface area contributed by atoms with Crippen LogP contribution in [0.5, 0.6) is 0 Å². The normalized spacial score (nSPS) is 16.6. The van der Waals surface area contributed by atoms with E-state index in [-0.39, 0.29) is 17.5 Å². The van der Waals surface area contributed by atoms with Crippen molar-refractivity contribution < 1.29 is 9.18 Å². The molecule has 1 aliphatic rings. The predicted molar refractivity (Wildman–Crippen MR) is 95.2 cm³/mol. The molecule has 3 aromatic rings. The summed E-state index contributed by atoms with van der Waals surface area (Å²) >= 11 is 6.16. The minimum absolute atomic E-state index is 0.0922. The number of hydrogen-bond acceptors (Lipinski definition) is 1. The van der Waals surface area contributed by atoms with E-state index in [2.05, 4.69) is 4.57 Å². The molecule has 1 atom stereocenters. The molecule has 1 aromatic heterocycles. The van der Waals surface area contributed by atoms with Crippen LogP contribution in [0.3, 0.4) is 0 Å². The summed E-state index contributed by atoms with van der Waals surface area (Å²) in [5.74, 6) is -0.811. The Labute approximate surface area is 150 Å². The molecule has 0 bridgehead atoms. The Morgan fingerprint density at radius 2 is 1.88 bits per heavy atom. The van der Waals surface area contributed by atoms with Crippen LogP contribution >= 0.6 is 11.6 Å². The summed E-state index contributed by atoms with van der Waals surface area (Å²) < 4.78 is 16.3. The Kier molecular flexibility index (Phi) is 4.06. The second-order valence-corrected chi connectivity index (χ2v) is 6.50. The first kappa shape index (κ1) is 15.9. The maximum Gasteiger partial charge on any atom is 0.257 e. The van der Waals surface area contributed by atoms with Crippen molar-refractivity contribution in [1.29, 1.82) is 0 Å². The van der Waals surface area contributed by atoms with Gasteiger partial charge in [-0.2, -0.15) is 0 Å². The van der Waals surface area contributed by atoms with Gasteiger partial charge >= 0.3 is 0 Å². The smallest absolute Gasteiger partial charge is 0.257 e. The third kappa shape index (κ3) is 2.83. The van der Waals surface area contributed by atoms with Gasteiger partial charge in [-0.05, 0) is 42.0 Å². The molecular weight excluding hydrogens is 339 g/mol. The van der Waals surface area contributed by atoms with Gasteiger partial charge in [0.05, 0.1) is 11.6 Å². The van der Waals surface area contributed by atoms with Gasteiger partial charge in [-0.15, -0.1) is 0 Å². The first-order chi connectivity index (χ1) is 12.1. The molecule has 1 unspecified atom stereocenters. The number of carbonyl (C=O) groups excluding carboxylic acids is 1. The Morgan fingerprint density at radius 1 is 1.04 bits per heavy atom. The zero-order chi connectivity index (χ0) is 17.4. The van der Waals surface area contributed by atoms with Gasteiger partial charge in [0.25, 0.3) is 5.91 Å². The molecule has 0 spiro atoms. The number of rotatable bonds is 2. The van der Waals surface area contributed by atoms with Gasteiger partial charge in [-0.1, -0.05) is 35.9 Å². The highest BCUT2D eigenvalue weighted by Gasteiger charge is 2.33. The molecule has 0 N–H and O–H groups in total. The molecule has 1 aliphatic heterocycles. The largest absolute Gasteiger partial charge is 0.348 e. The SMILES string of the molecule is O=C(c1ccccc1F)N1CCn2cccc2C1c1cccc(Cl)c1. The minimum atomic E-state index is -0.502.